The average Bonchev–Trinajstić information content (AvgIpc) is 3.27. The standard InChI is InChI=1S/C35H65ClN2O6S/c1-4-6-7-8-9-10-11-12-13-14-15-16-17-19-30(39)44-33-32(41)31(40)29(43-35(33)45-3)24-27(36)25-38-34(42)28-21-20-26(18-5-2)22-23-37-28/h26-29,31-33,35,37,40-41H,4-25H2,1-3H3,(H,38,42). The Bertz CT molecular complexity index is 793. The Morgan fingerprint density at radius 3 is 2.13 bits per heavy atom. The predicted octanol–water partition coefficient (Wildman–Crippen LogP) is 6.86. The van der Waals surface area contributed by atoms with Gasteiger partial charge >= 0.3 is 5.97 Å². The van der Waals surface area contributed by atoms with Gasteiger partial charge in [-0.15, -0.1) is 23.4 Å². The quantitative estimate of drug-likeness (QED) is 0.0527. The zero-order chi connectivity index (χ0) is 32.9. The van der Waals surface area contributed by atoms with E-state index in [4.69, 9.17) is 21.1 Å². The summed E-state index contributed by atoms with van der Waals surface area (Å²) in [7, 11) is 0. The van der Waals surface area contributed by atoms with Crippen LogP contribution in [0.15, 0.2) is 0 Å². The molecule has 2 aliphatic heterocycles. The van der Waals surface area contributed by atoms with E-state index in [9.17, 15) is 19.8 Å². The zero-order valence-electron chi connectivity index (χ0n) is 28.5. The highest BCUT2D eigenvalue weighted by molar-refractivity contribution is 7.99. The summed E-state index contributed by atoms with van der Waals surface area (Å²) in [6.07, 6.45) is 19.5. The number of halogens is 1. The van der Waals surface area contributed by atoms with E-state index in [0.29, 0.717) is 12.3 Å². The Kier molecular flexibility index (Phi) is 22.1. The number of esters is 1. The number of hydrogen-bond donors (Lipinski definition) is 4. The molecule has 0 saturated carbocycles. The molecule has 0 aliphatic carbocycles. The fourth-order valence-electron chi connectivity index (χ4n) is 6.61. The predicted molar refractivity (Wildman–Crippen MR) is 186 cm³/mol. The molecule has 2 fully saturated rings. The van der Waals surface area contributed by atoms with Crippen LogP contribution < -0.4 is 10.6 Å². The molecule has 4 N–H and O–H groups in total. The van der Waals surface area contributed by atoms with Gasteiger partial charge in [-0.25, -0.2) is 0 Å². The molecule has 2 saturated heterocycles. The first-order valence-corrected chi connectivity index (χ1v) is 19.9. The van der Waals surface area contributed by atoms with Crippen LogP contribution in [-0.2, 0) is 19.1 Å². The number of hydrogen-bond acceptors (Lipinski definition) is 8. The first-order chi connectivity index (χ1) is 21.8. The molecular weight excluding hydrogens is 612 g/mol. The lowest BCUT2D eigenvalue weighted by Crippen LogP contribution is -2.58. The number of alkyl halides is 1. The average molecular weight is 677 g/mol. The van der Waals surface area contributed by atoms with Gasteiger partial charge in [0.15, 0.2) is 6.10 Å². The summed E-state index contributed by atoms with van der Waals surface area (Å²) in [6.45, 7) is 5.53. The van der Waals surface area contributed by atoms with Crippen molar-refractivity contribution >= 4 is 35.2 Å². The number of aliphatic hydroxyl groups is 2. The molecule has 10 heteroatoms. The number of thioether (sulfide) groups is 1. The lowest BCUT2D eigenvalue weighted by molar-refractivity contribution is -0.214. The largest absolute Gasteiger partial charge is 0.456 e. The highest BCUT2D eigenvalue weighted by Gasteiger charge is 2.46. The van der Waals surface area contributed by atoms with E-state index < -0.39 is 35.2 Å². The summed E-state index contributed by atoms with van der Waals surface area (Å²) >= 11 is 7.90. The summed E-state index contributed by atoms with van der Waals surface area (Å²) in [5.41, 5.74) is -0.617. The molecule has 0 spiro atoms. The van der Waals surface area contributed by atoms with Gasteiger partial charge in [0.25, 0.3) is 0 Å². The van der Waals surface area contributed by atoms with Crippen LogP contribution in [0.25, 0.3) is 0 Å². The second-order valence-corrected chi connectivity index (χ2v) is 14.9. The molecule has 0 radical (unpaired) electrons. The number of carbonyl (C=O) groups excluding carboxylic acids is 2. The van der Waals surface area contributed by atoms with Gasteiger partial charge in [-0.2, -0.15) is 0 Å². The number of carbonyl (C=O) groups is 2. The van der Waals surface area contributed by atoms with Gasteiger partial charge in [0.05, 0.1) is 17.5 Å². The summed E-state index contributed by atoms with van der Waals surface area (Å²) in [5, 5.41) is 27.5. The van der Waals surface area contributed by atoms with Crippen molar-refractivity contribution in [1.82, 2.24) is 10.6 Å². The number of rotatable bonds is 23. The van der Waals surface area contributed by atoms with Gasteiger partial charge in [-0.05, 0) is 50.8 Å². The van der Waals surface area contributed by atoms with E-state index >= 15 is 0 Å². The van der Waals surface area contributed by atoms with Gasteiger partial charge in [-0.3, -0.25) is 9.59 Å². The van der Waals surface area contributed by atoms with Crippen molar-refractivity contribution in [3.63, 3.8) is 0 Å². The summed E-state index contributed by atoms with van der Waals surface area (Å²) in [5.74, 6) is 0.242. The maximum absolute atomic E-state index is 12.8. The van der Waals surface area contributed by atoms with Gasteiger partial charge in [-0.1, -0.05) is 104 Å². The van der Waals surface area contributed by atoms with Gasteiger partial charge in [0.2, 0.25) is 5.91 Å². The molecule has 45 heavy (non-hydrogen) atoms. The zero-order valence-corrected chi connectivity index (χ0v) is 30.1. The first kappa shape index (κ1) is 40.6. The molecule has 8 nitrogen and oxygen atoms in total. The third-order valence-corrected chi connectivity index (χ3v) is 10.6. The minimum absolute atomic E-state index is 0.0552. The van der Waals surface area contributed by atoms with E-state index in [1.54, 1.807) is 0 Å². The van der Waals surface area contributed by atoms with E-state index in [-0.39, 0.29) is 30.9 Å². The number of nitrogens with one attached hydrogen (secondary N) is 2. The molecule has 8 unspecified atom stereocenters. The Balaban J connectivity index is 1.63. The van der Waals surface area contributed by atoms with Crippen molar-refractivity contribution in [2.45, 2.75) is 184 Å². The van der Waals surface area contributed by atoms with Crippen molar-refractivity contribution in [2.24, 2.45) is 5.92 Å². The van der Waals surface area contributed by atoms with Crippen LogP contribution >= 0.6 is 23.4 Å². The molecule has 2 heterocycles. The van der Waals surface area contributed by atoms with Crippen LogP contribution in [0, 0.1) is 5.92 Å². The van der Waals surface area contributed by atoms with Crippen molar-refractivity contribution in [1.29, 1.82) is 0 Å². The summed E-state index contributed by atoms with van der Waals surface area (Å²) in [6, 6.07) is -0.218. The molecule has 0 aromatic heterocycles. The normalized spacial score (nSPS) is 27.9. The van der Waals surface area contributed by atoms with E-state index in [0.717, 1.165) is 45.1 Å². The van der Waals surface area contributed by atoms with Crippen molar-refractivity contribution in [3.8, 4) is 0 Å². The fourth-order valence-corrected chi connectivity index (χ4v) is 7.61. The lowest BCUT2D eigenvalue weighted by atomic mass is 9.94. The molecule has 1 amide bonds. The molecule has 0 aromatic rings. The smallest absolute Gasteiger partial charge is 0.306 e. The number of amides is 1. The van der Waals surface area contributed by atoms with E-state index in [2.05, 4.69) is 24.5 Å². The van der Waals surface area contributed by atoms with Gasteiger partial charge < -0.3 is 30.3 Å². The van der Waals surface area contributed by atoms with Crippen LogP contribution in [0.1, 0.15) is 142 Å². The van der Waals surface area contributed by atoms with E-state index in [1.165, 1.54) is 88.8 Å². The van der Waals surface area contributed by atoms with Crippen LogP contribution in [0.2, 0.25) is 0 Å². The summed E-state index contributed by atoms with van der Waals surface area (Å²) in [4.78, 5) is 25.4. The third-order valence-electron chi connectivity index (χ3n) is 9.44. The lowest BCUT2D eigenvalue weighted by Gasteiger charge is -2.42. The molecule has 0 bridgehead atoms. The van der Waals surface area contributed by atoms with Crippen molar-refractivity contribution in [3.05, 3.63) is 0 Å². The Labute approximate surface area is 283 Å². The Morgan fingerprint density at radius 1 is 0.911 bits per heavy atom. The molecule has 2 rings (SSSR count). The molecular formula is C35H65ClN2O6S. The third kappa shape index (κ3) is 16.4. The Morgan fingerprint density at radius 2 is 1.53 bits per heavy atom. The maximum Gasteiger partial charge on any atom is 0.306 e. The van der Waals surface area contributed by atoms with Crippen molar-refractivity contribution in [2.75, 3.05) is 19.3 Å². The Hall–Kier alpha value is -0.580. The van der Waals surface area contributed by atoms with E-state index in [1.807, 2.05) is 6.26 Å². The highest BCUT2D eigenvalue weighted by Crippen LogP contribution is 2.32. The monoisotopic (exact) mass is 676 g/mol. The van der Waals surface area contributed by atoms with Crippen LogP contribution in [0.5, 0.6) is 0 Å². The number of ether oxygens (including phenoxy) is 2. The molecule has 264 valence electrons. The summed E-state index contributed by atoms with van der Waals surface area (Å²) < 4.78 is 11.7. The molecule has 8 atom stereocenters. The second kappa shape index (κ2) is 24.5. The number of aliphatic hydroxyl groups excluding tert-OH is 2. The molecule has 2 aliphatic rings. The molecule has 0 aromatic carbocycles. The van der Waals surface area contributed by atoms with Crippen LogP contribution in [-0.4, -0.2) is 82.7 Å². The number of unbranched alkanes of at least 4 members (excludes halogenated alkanes) is 12. The van der Waals surface area contributed by atoms with Crippen LogP contribution in [0.3, 0.4) is 0 Å². The first-order valence-electron chi connectivity index (χ1n) is 18.2. The van der Waals surface area contributed by atoms with Gasteiger partial charge in [0, 0.05) is 13.0 Å². The minimum Gasteiger partial charge on any atom is -0.456 e. The highest BCUT2D eigenvalue weighted by atomic mass is 35.5. The van der Waals surface area contributed by atoms with Crippen LogP contribution in [0.4, 0.5) is 0 Å². The fraction of sp³-hybridized carbons (Fsp3) is 0.943. The van der Waals surface area contributed by atoms with Crippen molar-refractivity contribution < 1.29 is 29.3 Å². The minimum atomic E-state index is -1.28. The topological polar surface area (TPSA) is 117 Å². The SMILES string of the molecule is CCCCCCCCCCCCCCCC(=O)OC1C(SC)OC(CC(Cl)CNC(=O)C2CCC(CCC)CCN2)C(O)C1O. The maximum atomic E-state index is 12.8. The second-order valence-electron chi connectivity index (χ2n) is 13.3. The van der Waals surface area contributed by atoms with Gasteiger partial charge in [0.1, 0.15) is 17.6 Å².